The number of nitrogens with zero attached hydrogens (tertiary/aromatic N) is 2. The molecule has 144 valence electrons. The Hall–Kier alpha value is -1.22. The average Bonchev–Trinajstić information content (AvgIpc) is 2.68. The van der Waals surface area contributed by atoms with Gasteiger partial charge in [0.05, 0.1) is 0 Å². The molecule has 1 N–H and O–H groups in total. The molecule has 1 rings (SSSR count). The van der Waals surface area contributed by atoms with Crippen LogP contribution in [0.4, 0.5) is 0 Å². The topological polar surface area (TPSA) is 57.6 Å². The monoisotopic (exact) mass is 467 g/mol. The molecule has 0 amide bonds. The Kier molecular flexibility index (Phi) is 10.7. The van der Waals surface area contributed by atoms with E-state index in [4.69, 9.17) is 4.74 Å². The summed E-state index contributed by atoms with van der Waals surface area (Å²) in [6.07, 6.45) is 7.75. The molecule has 0 unspecified atom stereocenters. The minimum atomic E-state index is -2.44. The van der Waals surface area contributed by atoms with Gasteiger partial charge in [-0.25, -0.2) is 0 Å². The number of benzene rings is 1. The van der Waals surface area contributed by atoms with E-state index >= 15 is 0 Å². The molecule has 0 heterocycles. The van der Waals surface area contributed by atoms with Crippen LogP contribution in [0.1, 0.15) is 64.9 Å². The van der Waals surface area contributed by atoms with Crippen molar-refractivity contribution >= 4 is 27.7 Å². The molecular weight excluding hydrogens is 431 g/mol. The molecule has 0 saturated carbocycles. The van der Waals surface area contributed by atoms with Crippen molar-refractivity contribution in [1.82, 2.24) is 0 Å². The zero-order valence-corrected chi connectivity index (χ0v) is 19.8. The van der Waals surface area contributed by atoms with E-state index in [1.807, 2.05) is 12.1 Å². The molecule has 0 fully saturated rings. The molecule has 0 aliphatic carbocycles. The molecule has 1 aromatic rings. The SMILES string of the molecule is CCC[CH2][Sn]([CH2]CCC)([CH2]CCC)[c]1ccc(/C([N+]#N)=C(/O)OC)cc1. The van der Waals surface area contributed by atoms with Gasteiger partial charge in [0.25, 0.3) is 0 Å². The Morgan fingerprint density at radius 3 is 1.77 bits per heavy atom. The zero-order valence-electron chi connectivity index (χ0n) is 16.9. The molecule has 0 bridgehead atoms. The van der Waals surface area contributed by atoms with Gasteiger partial charge < -0.3 is 0 Å². The van der Waals surface area contributed by atoms with Crippen LogP contribution in [0, 0.1) is 5.39 Å². The number of hydrogen-bond acceptors (Lipinski definition) is 3. The molecule has 26 heavy (non-hydrogen) atoms. The Morgan fingerprint density at radius 1 is 0.962 bits per heavy atom. The number of ether oxygens (including phenoxy) is 1. The first-order valence-corrected chi connectivity index (χ1v) is 17.5. The molecule has 5 heteroatoms. The summed E-state index contributed by atoms with van der Waals surface area (Å²) in [7, 11) is 1.36. The molecule has 0 aliphatic rings. The first-order chi connectivity index (χ1) is 12.6. The number of unbranched alkanes of at least 4 members (excludes halogenated alkanes) is 3. The van der Waals surface area contributed by atoms with Crippen molar-refractivity contribution in [2.45, 2.75) is 72.6 Å². The fourth-order valence-electron chi connectivity index (χ4n) is 3.66. The van der Waals surface area contributed by atoms with Crippen molar-refractivity contribution in [3.8, 4) is 0 Å². The van der Waals surface area contributed by atoms with Crippen LogP contribution < -0.4 is 3.58 Å². The normalized spacial score (nSPS) is 12.4. The standard InChI is InChI=1S/C9H7N2O2.3C4H9.Sn/c1-13-9(12)8(11-10)7-5-3-2-4-6-7;3*1-3-4-2;/h3-6H,1H3;3*1,3-4H2,2H3;/p+1/b9-8+;;;;. The first kappa shape index (κ1) is 22.8. The number of aliphatic hydroxyl groups is 1. The Labute approximate surface area is 163 Å². The van der Waals surface area contributed by atoms with E-state index in [1.165, 1.54) is 58.9 Å². The van der Waals surface area contributed by atoms with Crippen molar-refractivity contribution in [2.24, 2.45) is 0 Å². The molecule has 4 nitrogen and oxygen atoms in total. The van der Waals surface area contributed by atoms with Gasteiger partial charge in [-0.05, 0) is 0 Å². The number of methoxy groups -OCH3 is 1. The predicted molar refractivity (Wildman–Crippen MR) is 113 cm³/mol. The van der Waals surface area contributed by atoms with Gasteiger partial charge >= 0.3 is 163 Å². The van der Waals surface area contributed by atoms with E-state index in [-0.39, 0.29) is 11.6 Å². The van der Waals surface area contributed by atoms with Crippen LogP contribution in [0.5, 0.6) is 0 Å². The Balaban J connectivity index is 3.25. The van der Waals surface area contributed by atoms with Crippen molar-refractivity contribution in [3.63, 3.8) is 0 Å². The van der Waals surface area contributed by atoms with Gasteiger partial charge in [-0.1, -0.05) is 0 Å². The fraction of sp³-hybridized carbons (Fsp3) is 0.619. The van der Waals surface area contributed by atoms with Gasteiger partial charge in [-0.3, -0.25) is 0 Å². The van der Waals surface area contributed by atoms with E-state index in [2.05, 4.69) is 37.9 Å². The molecule has 0 saturated heterocycles. The fourth-order valence-corrected chi connectivity index (χ4v) is 19.6. The third-order valence-corrected chi connectivity index (χ3v) is 21.0. The average molecular weight is 466 g/mol. The van der Waals surface area contributed by atoms with E-state index in [0.29, 0.717) is 5.56 Å². The van der Waals surface area contributed by atoms with Crippen LogP contribution in [0.3, 0.4) is 0 Å². The Morgan fingerprint density at radius 2 is 1.42 bits per heavy atom. The van der Waals surface area contributed by atoms with E-state index in [1.54, 1.807) is 3.58 Å². The summed E-state index contributed by atoms with van der Waals surface area (Å²) < 4.78 is 10.6. The summed E-state index contributed by atoms with van der Waals surface area (Å²) >= 11 is -2.44. The molecular formula is C21H35N2O2Sn+. The maximum atomic E-state index is 9.77. The second-order valence-corrected chi connectivity index (χ2v) is 20.4. The summed E-state index contributed by atoms with van der Waals surface area (Å²) in [5, 5.41) is 19.0. The van der Waals surface area contributed by atoms with Gasteiger partial charge in [0.1, 0.15) is 0 Å². The minimum absolute atomic E-state index is 0.0792. The van der Waals surface area contributed by atoms with Gasteiger partial charge in [-0.2, -0.15) is 0 Å². The summed E-state index contributed by atoms with van der Waals surface area (Å²) in [6.45, 7) is 6.85. The van der Waals surface area contributed by atoms with Crippen LogP contribution in [0.2, 0.25) is 13.3 Å². The molecule has 0 spiro atoms. The van der Waals surface area contributed by atoms with Crippen molar-refractivity contribution < 1.29 is 9.84 Å². The van der Waals surface area contributed by atoms with Crippen LogP contribution in [-0.4, -0.2) is 30.6 Å². The first-order valence-electron chi connectivity index (χ1n) is 10.0. The maximum absolute atomic E-state index is 9.77. The van der Waals surface area contributed by atoms with E-state index in [0.717, 1.165) is 0 Å². The van der Waals surface area contributed by atoms with Gasteiger partial charge in [-0.15, -0.1) is 0 Å². The number of hydrogen-bond donors (Lipinski definition) is 1. The van der Waals surface area contributed by atoms with Gasteiger partial charge in [0.2, 0.25) is 0 Å². The van der Waals surface area contributed by atoms with Crippen molar-refractivity contribution in [2.75, 3.05) is 7.11 Å². The number of diazo groups is 1. The molecule has 0 radical (unpaired) electrons. The van der Waals surface area contributed by atoms with Crippen LogP contribution in [0.25, 0.3) is 10.7 Å². The number of aliphatic hydroxyl groups excluding tert-OH is 1. The Bertz CT molecular complexity index is 584. The molecule has 0 atom stereocenters. The van der Waals surface area contributed by atoms with E-state index < -0.39 is 18.4 Å². The van der Waals surface area contributed by atoms with Gasteiger partial charge in [0.15, 0.2) is 0 Å². The number of rotatable bonds is 12. The third kappa shape index (κ3) is 6.19. The quantitative estimate of drug-likeness (QED) is 0.220. The third-order valence-electron chi connectivity index (χ3n) is 5.29. The summed E-state index contributed by atoms with van der Waals surface area (Å²) in [6, 6.07) is 8.38. The predicted octanol–water partition coefficient (Wildman–Crippen LogP) is 6.43. The molecule has 0 aliphatic heterocycles. The molecule has 1 aromatic carbocycles. The second kappa shape index (κ2) is 12.2. The zero-order chi connectivity index (χ0) is 19.4. The summed E-state index contributed by atoms with van der Waals surface area (Å²) in [5.74, 6) is -0.363. The van der Waals surface area contributed by atoms with Crippen LogP contribution in [0.15, 0.2) is 30.2 Å². The second-order valence-electron chi connectivity index (χ2n) is 7.13. The molecule has 0 aromatic heterocycles. The summed E-state index contributed by atoms with van der Waals surface area (Å²) in [4.78, 5) is 3.19. The van der Waals surface area contributed by atoms with Gasteiger partial charge in [0, 0.05) is 0 Å². The van der Waals surface area contributed by atoms with Crippen LogP contribution in [-0.2, 0) is 4.74 Å². The van der Waals surface area contributed by atoms with Crippen LogP contribution >= 0.6 is 0 Å². The van der Waals surface area contributed by atoms with E-state index in [9.17, 15) is 10.5 Å². The van der Waals surface area contributed by atoms with Crippen molar-refractivity contribution in [1.29, 1.82) is 5.39 Å². The van der Waals surface area contributed by atoms with Crippen molar-refractivity contribution in [3.05, 3.63) is 40.8 Å². The summed E-state index contributed by atoms with van der Waals surface area (Å²) in [5.41, 5.74) is 0.757.